The van der Waals surface area contributed by atoms with Gasteiger partial charge in [-0.2, -0.15) is 0 Å². The fraction of sp³-hybridized carbons (Fsp3) is 0.380. The van der Waals surface area contributed by atoms with Crippen molar-refractivity contribution in [2.75, 3.05) is 88.1 Å². The second kappa shape index (κ2) is 36.7. The number of hydrogen-bond acceptors (Lipinski definition) is 28. The van der Waals surface area contributed by atoms with Gasteiger partial charge in [-0.15, -0.1) is 36.2 Å². The summed E-state index contributed by atoms with van der Waals surface area (Å²) in [5.41, 5.74) is 7.46. The molecule has 0 aliphatic carbocycles. The molecule has 5 N–H and O–H groups in total. The number of carbonyl (C=O) groups is 5. The van der Waals surface area contributed by atoms with E-state index >= 15 is 0 Å². The van der Waals surface area contributed by atoms with Crippen molar-refractivity contribution >= 4 is 86.4 Å². The number of aliphatic imine (C=N–C) groups is 2. The summed E-state index contributed by atoms with van der Waals surface area (Å²) in [5.74, 6) is -1.57. The third kappa shape index (κ3) is 20.1. The topological polar surface area (TPSA) is 379 Å². The van der Waals surface area contributed by atoms with E-state index in [9.17, 15) is 52.8 Å². The van der Waals surface area contributed by atoms with Crippen LogP contribution in [-0.2, 0) is 104 Å². The number of carbonyl (C=O) groups excluding carboxylic acids is 5. The number of nitrogens with zero attached hydrogens (tertiary/aromatic N) is 9. The summed E-state index contributed by atoms with van der Waals surface area (Å²) >= 11 is 3.32. The molecule has 8 heterocycles. The monoisotopic (exact) mass is 1620 g/mol. The van der Waals surface area contributed by atoms with Gasteiger partial charge in [-0.3, -0.25) is 38.9 Å². The lowest BCUT2D eigenvalue weighted by molar-refractivity contribution is -0.916. The van der Waals surface area contributed by atoms with Crippen molar-refractivity contribution in [3.05, 3.63) is 192 Å². The molecule has 0 spiro atoms. The Hall–Kier alpha value is -10.5. The van der Waals surface area contributed by atoms with Gasteiger partial charge in [0.2, 0.25) is 6.29 Å². The first-order valence-electron chi connectivity index (χ1n) is 36.6. The number of fused-ring (bicyclic) bond motifs is 5. The summed E-state index contributed by atoms with van der Waals surface area (Å²) in [6.07, 6.45) is 1.16. The SMILES string of the molecule is COc1cc2c(cc1OCc1cc(COc3cc4c(cc3OC)C(=O)N3Cc5ccsc5C[C@H]3C=N4)cc(C[N+](C)(C)Cc3ccc(OS(=O)(=O)Oc4cc(C(=O)N(C)CCOCCn5cc(COCCOCCN6C(=O)C=CC6=O)nn5)ccc4OC4O[C@H](CO)[C@H](O)[C@H](O)[C@H]4O)cc3)c1)N=CCCc1sccc1CNC2=O. The van der Waals surface area contributed by atoms with Gasteiger partial charge in [-0.25, -0.2) is 4.68 Å². The molecule has 6 atom stereocenters. The van der Waals surface area contributed by atoms with Gasteiger partial charge in [0.15, 0.2) is 34.5 Å². The first-order valence-corrected chi connectivity index (χ1v) is 39.7. The lowest BCUT2D eigenvalue weighted by Crippen LogP contribution is -2.60. The highest BCUT2D eigenvalue weighted by molar-refractivity contribution is 7.82. The van der Waals surface area contributed by atoms with Gasteiger partial charge in [0.05, 0.1) is 122 Å². The highest BCUT2D eigenvalue weighted by Crippen LogP contribution is 2.42. The number of aliphatic hydroxyl groups excluding tert-OH is 4. The van der Waals surface area contributed by atoms with Gasteiger partial charge in [0, 0.05) is 96.3 Å². The molecule has 0 saturated carbocycles. The number of thiophene rings is 2. The van der Waals surface area contributed by atoms with Gasteiger partial charge >= 0.3 is 10.4 Å². The minimum Gasteiger partial charge on any atom is -0.493 e. The third-order valence-corrected chi connectivity index (χ3v) is 22.1. The van der Waals surface area contributed by atoms with Crippen LogP contribution in [0.25, 0.3) is 0 Å². The molecule has 0 bridgehead atoms. The Bertz CT molecular complexity index is 4950. The molecular weight excluding hydrogens is 1540 g/mol. The molecule has 5 aliphatic heterocycles. The van der Waals surface area contributed by atoms with E-state index in [-0.39, 0.29) is 107 Å². The molecule has 1 saturated heterocycles. The smallest absolute Gasteiger partial charge is 0.493 e. The highest BCUT2D eigenvalue weighted by atomic mass is 32.3. The number of aryl methyl sites for hydroxylation is 1. The van der Waals surface area contributed by atoms with E-state index in [4.69, 9.17) is 61.0 Å². The average molecular weight is 1620 g/mol. The average Bonchev–Trinajstić information content (AvgIpc) is 1.57. The zero-order chi connectivity index (χ0) is 80.2. The van der Waals surface area contributed by atoms with Crippen LogP contribution in [0.15, 0.2) is 136 Å². The molecule has 3 aromatic heterocycles. The molecule has 8 aromatic rings. The van der Waals surface area contributed by atoms with E-state index in [1.54, 1.807) is 70.0 Å². The molecule has 35 heteroatoms. The van der Waals surface area contributed by atoms with Crippen molar-refractivity contribution in [2.45, 2.75) is 109 Å². The van der Waals surface area contributed by atoms with Crippen molar-refractivity contribution in [1.82, 2.24) is 35.0 Å². The van der Waals surface area contributed by atoms with Crippen LogP contribution in [0.3, 0.4) is 0 Å². The number of aromatic nitrogens is 3. The molecule has 602 valence electrons. The number of amides is 5. The van der Waals surface area contributed by atoms with Gasteiger partial charge in [0.25, 0.3) is 29.5 Å². The number of nitrogens with one attached hydrogen (secondary N) is 1. The van der Waals surface area contributed by atoms with Crippen LogP contribution in [-0.4, -0.2) is 230 Å². The van der Waals surface area contributed by atoms with Crippen LogP contribution in [0.5, 0.6) is 40.2 Å². The number of imide groups is 1. The lowest BCUT2D eigenvalue weighted by atomic mass is 9.99. The Balaban J connectivity index is 0.668. The van der Waals surface area contributed by atoms with Crippen LogP contribution in [0.2, 0.25) is 0 Å². The highest BCUT2D eigenvalue weighted by Gasteiger charge is 2.45. The van der Waals surface area contributed by atoms with E-state index in [2.05, 4.69) is 21.7 Å². The molecule has 0 radical (unpaired) electrons. The third-order valence-electron chi connectivity index (χ3n) is 19.3. The number of hydrogen-bond donors (Lipinski definition) is 5. The molecular formula is C79H87N10O22S3+. The maximum absolute atomic E-state index is 14.2. The standard InChI is InChI=1S/C79H86N10O22S3/c1-85(19-22-103-23-20-86-41-55(83-84-86)47-105-26-25-104-24-21-87-71(91)14-15-72(87)92)77(97)52-10-13-62(108-79-75(95)74(94)73(93)68(44-90)109-79)67(32-52)111-114(99,100)110-57-11-8-48(9-12-57)42-89(2,3)43-49-29-50(45-106-65-36-60-58(34-63(65)101-4)76(96)82-38-53-16-27-112-69(53)7-6-18-80-60)31-51(30-49)46-107-66-37-61-59(35-64(66)102-5)78(98)88-40-54-17-28-113-70(54)33-56(88)39-81-61/h8-18,27-32,34-37,39,41,56,68,73-75,79,90,93-95H,6-7,19-26,33,38,40,42-47H2,1-5H3/p+1/t56-,68+,73-,74-,75+,79?/m0/s1. The van der Waals surface area contributed by atoms with E-state index in [0.29, 0.717) is 101 Å². The normalized spacial score (nSPS) is 18.7. The number of methoxy groups -OCH3 is 2. The maximum Gasteiger partial charge on any atom is 0.501 e. The Morgan fingerprint density at radius 1 is 0.684 bits per heavy atom. The molecule has 1 unspecified atom stereocenters. The van der Waals surface area contributed by atoms with Crippen LogP contribution >= 0.6 is 22.7 Å². The van der Waals surface area contributed by atoms with Crippen LogP contribution in [0, 0.1) is 0 Å². The van der Waals surface area contributed by atoms with E-state index in [1.807, 2.05) is 66.5 Å². The van der Waals surface area contributed by atoms with E-state index in [1.165, 1.54) is 72.3 Å². The van der Waals surface area contributed by atoms with Crippen molar-refractivity contribution < 1.29 is 108 Å². The Morgan fingerprint density at radius 2 is 1.35 bits per heavy atom. The van der Waals surface area contributed by atoms with E-state index < -0.39 is 65.1 Å². The first kappa shape index (κ1) is 81.5. The Kier molecular flexibility index (Phi) is 26.2. The molecule has 114 heavy (non-hydrogen) atoms. The second-order valence-corrected chi connectivity index (χ2v) is 31.3. The molecule has 5 amide bonds. The number of quaternary nitrogens is 1. The Morgan fingerprint density at radius 3 is 2.08 bits per heavy atom. The summed E-state index contributed by atoms with van der Waals surface area (Å²) in [6, 6.07) is 26.5. The van der Waals surface area contributed by atoms with Crippen molar-refractivity contribution in [3.63, 3.8) is 0 Å². The zero-order valence-electron chi connectivity index (χ0n) is 63.1. The van der Waals surface area contributed by atoms with Gasteiger partial charge in [0.1, 0.15) is 62.2 Å². The number of rotatable bonds is 34. The summed E-state index contributed by atoms with van der Waals surface area (Å²) in [4.78, 5) is 81.6. The molecule has 32 nitrogen and oxygen atoms in total. The molecule has 1 fully saturated rings. The number of benzene rings is 5. The predicted molar refractivity (Wildman–Crippen MR) is 414 cm³/mol. The van der Waals surface area contributed by atoms with Crippen molar-refractivity contribution in [1.29, 1.82) is 0 Å². The second-order valence-electron chi connectivity index (χ2n) is 28.1. The fourth-order valence-corrected chi connectivity index (χ4v) is 16.1. The quantitative estimate of drug-likeness (QED) is 0.0167. The van der Waals surface area contributed by atoms with Crippen LogP contribution < -0.4 is 37.4 Å². The molecule has 5 aliphatic rings. The molecule has 5 aromatic carbocycles. The predicted octanol–water partition coefficient (Wildman–Crippen LogP) is 6.34. The van der Waals surface area contributed by atoms with Crippen molar-refractivity contribution in [2.24, 2.45) is 9.98 Å². The summed E-state index contributed by atoms with van der Waals surface area (Å²) in [7, 11) is 3.49. The minimum absolute atomic E-state index is 0.0498. The number of ether oxygens (including phenoxy) is 9. The van der Waals surface area contributed by atoms with Gasteiger partial charge < -0.3 is 91.0 Å². The van der Waals surface area contributed by atoms with E-state index in [0.717, 1.165) is 50.8 Å². The summed E-state index contributed by atoms with van der Waals surface area (Å²) in [5, 5.41) is 57.2. The van der Waals surface area contributed by atoms with Crippen LogP contribution in [0.1, 0.15) is 86.3 Å². The first-order chi connectivity index (χ1) is 55.0. The van der Waals surface area contributed by atoms with Gasteiger partial charge in [-0.05, 0) is 131 Å². The minimum atomic E-state index is -5.09. The summed E-state index contributed by atoms with van der Waals surface area (Å²) in [6.45, 7) is 2.58. The van der Waals surface area contributed by atoms with Crippen LogP contribution in [0.4, 0.5) is 11.4 Å². The fourth-order valence-electron chi connectivity index (χ4n) is 13.5. The largest absolute Gasteiger partial charge is 0.501 e. The number of likely N-dealkylation sites (N-methyl/N-ethyl adjacent to an activating group) is 1. The number of aliphatic hydroxyl groups is 4. The summed E-state index contributed by atoms with van der Waals surface area (Å²) < 4.78 is 94.2. The maximum atomic E-state index is 14.2. The van der Waals surface area contributed by atoms with Gasteiger partial charge in [-0.1, -0.05) is 5.21 Å². The zero-order valence-corrected chi connectivity index (χ0v) is 65.5. The lowest BCUT2D eigenvalue weighted by Gasteiger charge is -2.39. The molecule has 13 rings (SSSR count). The van der Waals surface area contributed by atoms with Crippen molar-refractivity contribution in [3.8, 4) is 40.2 Å². The Labute approximate surface area is 664 Å².